The Morgan fingerprint density at radius 3 is 2.74 bits per heavy atom. The number of aromatic hydroxyl groups is 1. The summed E-state index contributed by atoms with van der Waals surface area (Å²) in [6.45, 7) is 0.707. The predicted molar refractivity (Wildman–Crippen MR) is 110 cm³/mol. The number of benzene rings is 2. The first-order chi connectivity index (χ1) is 13.1. The Morgan fingerprint density at radius 2 is 2.00 bits per heavy atom. The van der Waals surface area contributed by atoms with Gasteiger partial charge in [-0.2, -0.15) is 0 Å². The number of rotatable bonds is 6. The van der Waals surface area contributed by atoms with E-state index >= 15 is 0 Å². The minimum Gasteiger partial charge on any atom is -0.508 e. The van der Waals surface area contributed by atoms with Crippen molar-refractivity contribution in [1.82, 2.24) is 10.6 Å². The first-order valence-electron chi connectivity index (χ1n) is 8.57. The Bertz CT molecular complexity index is 906. The molecule has 0 aliphatic heterocycles. The molecule has 1 aromatic heterocycles. The van der Waals surface area contributed by atoms with Crippen molar-refractivity contribution in [3.63, 3.8) is 0 Å². The maximum Gasteiger partial charge on any atom is 0.191 e. The fraction of sp³-hybridized carbons (Fsp3) is 0.250. The number of aliphatic hydroxyl groups excluding tert-OH is 1. The van der Waals surface area contributed by atoms with E-state index in [1.165, 1.54) is 0 Å². The van der Waals surface area contributed by atoms with Crippen molar-refractivity contribution in [2.24, 2.45) is 4.99 Å². The van der Waals surface area contributed by atoms with Crippen molar-refractivity contribution in [3.05, 3.63) is 59.0 Å². The summed E-state index contributed by atoms with van der Waals surface area (Å²) in [6, 6.07) is 15.1. The molecule has 0 bridgehead atoms. The van der Waals surface area contributed by atoms with Gasteiger partial charge in [-0.3, -0.25) is 4.99 Å². The lowest BCUT2D eigenvalue weighted by molar-refractivity contribution is 0.184. The summed E-state index contributed by atoms with van der Waals surface area (Å²) >= 11 is 1.58. The van der Waals surface area contributed by atoms with E-state index in [1.807, 2.05) is 30.3 Å². The van der Waals surface area contributed by atoms with Crippen molar-refractivity contribution < 1.29 is 14.9 Å². The quantitative estimate of drug-likeness (QED) is 0.387. The predicted octanol–water partition coefficient (Wildman–Crippen LogP) is 3.01. The molecule has 27 heavy (non-hydrogen) atoms. The highest BCUT2D eigenvalue weighted by Crippen LogP contribution is 2.29. The molecule has 3 aromatic rings. The minimum atomic E-state index is -0.633. The van der Waals surface area contributed by atoms with Crippen LogP contribution in [0.15, 0.2) is 53.5 Å². The lowest BCUT2D eigenvalue weighted by atomic mass is 10.2. The number of ether oxygens (including phenoxy) is 1. The lowest BCUT2D eigenvalue weighted by Crippen LogP contribution is -2.38. The average molecular weight is 385 g/mol. The summed E-state index contributed by atoms with van der Waals surface area (Å²) in [6.07, 6.45) is -0.633. The standard InChI is InChI=1S/C20H23N3O3S/c1-21-20(22-11-14-9-15(26-2)7-8-16(14)24)23-12-17(25)19-10-13-5-3-4-6-18(13)27-19/h3-10,17,24-25H,11-12H2,1-2H3,(H2,21,22,23). The Balaban J connectivity index is 1.57. The highest BCUT2D eigenvalue weighted by Gasteiger charge is 2.12. The average Bonchev–Trinajstić information content (AvgIpc) is 3.13. The number of fused-ring (bicyclic) bond motifs is 1. The SMILES string of the molecule is CN=C(NCc1cc(OC)ccc1O)NCC(O)c1cc2ccccc2s1. The first-order valence-corrected chi connectivity index (χ1v) is 9.39. The van der Waals surface area contributed by atoms with Crippen LogP contribution in [-0.2, 0) is 6.54 Å². The second-order valence-electron chi connectivity index (χ2n) is 6.00. The smallest absolute Gasteiger partial charge is 0.191 e. The third-order valence-electron chi connectivity index (χ3n) is 4.19. The second kappa shape index (κ2) is 8.75. The fourth-order valence-corrected chi connectivity index (χ4v) is 3.74. The Labute approximate surface area is 162 Å². The van der Waals surface area contributed by atoms with Crippen molar-refractivity contribution >= 4 is 27.4 Å². The van der Waals surface area contributed by atoms with E-state index in [-0.39, 0.29) is 5.75 Å². The lowest BCUT2D eigenvalue weighted by Gasteiger charge is -2.15. The van der Waals surface area contributed by atoms with E-state index in [0.29, 0.717) is 30.4 Å². The summed E-state index contributed by atoms with van der Waals surface area (Å²) in [5.74, 6) is 1.40. The van der Waals surface area contributed by atoms with Gasteiger partial charge in [0.15, 0.2) is 5.96 Å². The third kappa shape index (κ3) is 4.69. The number of nitrogens with one attached hydrogen (secondary N) is 2. The second-order valence-corrected chi connectivity index (χ2v) is 7.12. The summed E-state index contributed by atoms with van der Waals surface area (Å²) in [4.78, 5) is 5.06. The minimum absolute atomic E-state index is 0.184. The van der Waals surface area contributed by atoms with Gasteiger partial charge >= 0.3 is 0 Å². The van der Waals surface area contributed by atoms with Crippen LogP contribution in [0.5, 0.6) is 11.5 Å². The molecule has 0 aliphatic rings. The highest BCUT2D eigenvalue weighted by molar-refractivity contribution is 7.19. The van der Waals surface area contributed by atoms with Crippen molar-refractivity contribution in [3.8, 4) is 11.5 Å². The molecular weight excluding hydrogens is 362 g/mol. The van der Waals surface area contributed by atoms with Crippen LogP contribution in [0, 0.1) is 0 Å². The van der Waals surface area contributed by atoms with Gasteiger partial charge in [-0.1, -0.05) is 18.2 Å². The molecular formula is C20H23N3O3S. The summed E-state index contributed by atoms with van der Waals surface area (Å²) in [5.41, 5.74) is 0.697. The molecule has 7 heteroatoms. The normalized spacial score (nSPS) is 12.8. The van der Waals surface area contributed by atoms with Crippen molar-refractivity contribution in [1.29, 1.82) is 0 Å². The Hall–Kier alpha value is -2.77. The molecule has 0 radical (unpaired) electrons. The fourth-order valence-electron chi connectivity index (χ4n) is 2.69. The molecule has 142 valence electrons. The van der Waals surface area contributed by atoms with Crippen LogP contribution >= 0.6 is 11.3 Å². The number of thiophene rings is 1. The van der Waals surface area contributed by atoms with Crippen LogP contribution in [0.25, 0.3) is 10.1 Å². The van der Waals surface area contributed by atoms with Gasteiger partial charge in [-0.05, 0) is 35.7 Å². The zero-order valence-electron chi connectivity index (χ0n) is 15.3. The Morgan fingerprint density at radius 1 is 1.19 bits per heavy atom. The van der Waals surface area contributed by atoms with Gasteiger partial charge in [0.05, 0.1) is 7.11 Å². The van der Waals surface area contributed by atoms with E-state index in [9.17, 15) is 10.2 Å². The number of nitrogens with zero attached hydrogens (tertiary/aromatic N) is 1. The van der Waals surface area contributed by atoms with Gasteiger partial charge in [0.1, 0.15) is 17.6 Å². The summed E-state index contributed by atoms with van der Waals surface area (Å²) in [7, 11) is 3.24. The highest BCUT2D eigenvalue weighted by atomic mass is 32.1. The van der Waals surface area contributed by atoms with Crippen LogP contribution < -0.4 is 15.4 Å². The van der Waals surface area contributed by atoms with Crippen LogP contribution in [-0.4, -0.2) is 36.9 Å². The maximum absolute atomic E-state index is 10.5. The van der Waals surface area contributed by atoms with Gasteiger partial charge in [0.25, 0.3) is 0 Å². The number of methoxy groups -OCH3 is 1. The van der Waals surface area contributed by atoms with E-state index < -0.39 is 6.10 Å². The molecule has 6 nitrogen and oxygen atoms in total. The number of phenolic OH excluding ortho intramolecular Hbond substituents is 1. The van der Waals surface area contributed by atoms with E-state index in [4.69, 9.17) is 4.74 Å². The third-order valence-corrected chi connectivity index (χ3v) is 5.41. The molecule has 1 unspecified atom stereocenters. The summed E-state index contributed by atoms with van der Waals surface area (Å²) < 4.78 is 6.33. The largest absolute Gasteiger partial charge is 0.508 e. The van der Waals surface area contributed by atoms with E-state index in [0.717, 1.165) is 15.0 Å². The number of aliphatic imine (C=N–C) groups is 1. The molecule has 0 amide bonds. The van der Waals surface area contributed by atoms with Gasteiger partial charge < -0.3 is 25.6 Å². The van der Waals surface area contributed by atoms with Crippen molar-refractivity contribution in [2.75, 3.05) is 20.7 Å². The van der Waals surface area contributed by atoms with E-state index in [2.05, 4.69) is 15.6 Å². The monoisotopic (exact) mass is 385 g/mol. The summed E-state index contributed by atoms with van der Waals surface area (Å²) in [5, 5.41) is 27.8. The zero-order chi connectivity index (χ0) is 19.2. The molecule has 3 rings (SSSR count). The zero-order valence-corrected chi connectivity index (χ0v) is 16.1. The van der Waals surface area contributed by atoms with Crippen LogP contribution in [0.4, 0.5) is 0 Å². The molecule has 0 saturated heterocycles. The molecule has 1 heterocycles. The molecule has 0 fully saturated rings. The molecule has 4 N–H and O–H groups in total. The Kier molecular flexibility index (Phi) is 6.16. The van der Waals surface area contributed by atoms with E-state index in [1.54, 1.807) is 43.7 Å². The number of hydrogen-bond donors (Lipinski definition) is 4. The van der Waals surface area contributed by atoms with Crippen LogP contribution in [0.1, 0.15) is 16.5 Å². The number of hydrogen-bond acceptors (Lipinski definition) is 5. The van der Waals surface area contributed by atoms with Gasteiger partial charge in [-0.25, -0.2) is 0 Å². The number of aliphatic hydroxyl groups is 1. The molecule has 2 aromatic carbocycles. The first kappa shape index (κ1) is 19.0. The maximum atomic E-state index is 10.5. The van der Waals surface area contributed by atoms with Crippen LogP contribution in [0.3, 0.4) is 0 Å². The van der Waals surface area contributed by atoms with Gasteiger partial charge in [-0.15, -0.1) is 11.3 Å². The molecule has 0 saturated carbocycles. The topological polar surface area (TPSA) is 86.1 Å². The molecule has 1 atom stereocenters. The van der Waals surface area contributed by atoms with Crippen LogP contribution in [0.2, 0.25) is 0 Å². The number of guanidine groups is 1. The number of phenols is 1. The van der Waals surface area contributed by atoms with Gasteiger partial charge in [0.2, 0.25) is 0 Å². The molecule has 0 aliphatic carbocycles. The van der Waals surface area contributed by atoms with Gasteiger partial charge in [0, 0.05) is 35.3 Å². The van der Waals surface area contributed by atoms with Crippen molar-refractivity contribution in [2.45, 2.75) is 12.6 Å². The molecule has 0 spiro atoms.